The summed E-state index contributed by atoms with van der Waals surface area (Å²) in [5.74, 6) is 0.736. The molecule has 0 amide bonds. The maximum Gasteiger partial charge on any atom is 0.261 e. The zero-order valence-corrected chi connectivity index (χ0v) is 11.5. The predicted molar refractivity (Wildman–Crippen MR) is 74.2 cm³/mol. The molecule has 18 heavy (non-hydrogen) atoms. The maximum atomic E-state index is 12.4. The summed E-state index contributed by atoms with van der Waals surface area (Å²) >= 11 is 5.95. The molecule has 1 N–H and O–H groups in total. The van der Waals surface area contributed by atoms with Gasteiger partial charge < -0.3 is 5.32 Å². The molecule has 2 rings (SSSR count). The molecular formula is C13H16ClN3O. The van der Waals surface area contributed by atoms with Gasteiger partial charge in [-0.15, -0.1) is 0 Å². The molecule has 0 fully saturated rings. The van der Waals surface area contributed by atoms with Gasteiger partial charge in [-0.25, -0.2) is 4.98 Å². The van der Waals surface area contributed by atoms with Crippen LogP contribution >= 0.6 is 11.6 Å². The third kappa shape index (κ3) is 2.13. The van der Waals surface area contributed by atoms with Crippen LogP contribution in [0.2, 0.25) is 5.02 Å². The Morgan fingerprint density at radius 1 is 1.50 bits per heavy atom. The lowest BCUT2D eigenvalue weighted by Crippen LogP contribution is -2.29. The zero-order valence-electron chi connectivity index (χ0n) is 10.7. The van der Waals surface area contributed by atoms with E-state index in [1.807, 2.05) is 20.9 Å². The van der Waals surface area contributed by atoms with Crippen molar-refractivity contribution in [1.82, 2.24) is 14.9 Å². The summed E-state index contributed by atoms with van der Waals surface area (Å²) in [4.78, 5) is 16.9. The molecule has 0 saturated carbocycles. The van der Waals surface area contributed by atoms with Crippen LogP contribution in [0.25, 0.3) is 10.9 Å². The van der Waals surface area contributed by atoms with Crippen molar-refractivity contribution < 1.29 is 0 Å². The fourth-order valence-corrected chi connectivity index (χ4v) is 2.14. The summed E-state index contributed by atoms with van der Waals surface area (Å²) in [6.07, 6.45) is 0. The smallest absolute Gasteiger partial charge is 0.261 e. The average Bonchev–Trinajstić information content (AvgIpc) is 2.37. The minimum absolute atomic E-state index is 0.0148. The summed E-state index contributed by atoms with van der Waals surface area (Å²) in [6.45, 7) is 4.52. The van der Waals surface area contributed by atoms with Gasteiger partial charge in [0.1, 0.15) is 5.82 Å². The van der Waals surface area contributed by atoms with Gasteiger partial charge in [0.05, 0.1) is 16.9 Å². The van der Waals surface area contributed by atoms with E-state index >= 15 is 0 Å². The van der Waals surface area contributed by atoms with Crippen LogP contribution < -0.4 is 10.9 Å². The van der Waals surface area contributed by atoms with Crippen molar-refractivity contribution in [2.24, 2.45) is 0 Å². The van der Waals surface area contributed by atoms with Gasteiger partial charge in [-0.1, -0.05) is 11.6 Å². The van der Waals surface area contributed by atoms with Crippen molar-refractivity contribution in [1.29, 1.82) is 0 Å². The van der Waals surface area contributed by atoms with Crippen molar-refractivity contribution in [3.63, 3.8) is 0 Å². The average molecular weight is 266 g/mol. The fourth-order valence-electron chi connectivity index (χ4n) is 1.98. The van der Waals surface area contributed by atoms with Crippen LogP contribution in [0.3, 0.4) is 0 Å². The number of aromatic nitrogens is 2. The molecule has 0 spiro atoms. The number of fused-ring (bicyclic) bond motifs is 1. The van der Waals surface area contributed by atoms with Crippen LogP contribution in [0, 0.1) is 0 Å². The molecule has 0 bridgehead atoms. The van der Waals surface area contributed by atoms with Gasteiger partial charge in [-0.05, 0) is 39.1 Å². The van der Waals surface area contributed by atoms with E-state index in [2.05, 4.69) is 10.3 Å². The summed E-state index contributed by atoms with van der Waals surface area (Å²) in [5, 5.41) is 4.30. The molecule has 0 aliphatic rings. The van der Waals surface area contributed by atoms with Gasteiger partial charge >= 0.3 is 0 Å². The minimum Gasteiger partial charge on any atom is -0.311 e. The summed E-state index contributed by atoms with van der Waals surface area (Å²) < 4.78 is 1.69. The second kappa shape index (κ2) is 5.08. The van der Waals surface area contributed by atoms with Crippen LogP contribution in [0.1, 0.15) is 25.7 Å². The van der Waals surface area contributed by atoms with Crippen molar-refractivity contribution >= 4 is 22.5 Å². The maximum absolute atomic E-state index is 12.4. The second-order valence-electron chi connectivity index (χ2n) is 4.19. The van der Waals surface area contributed by atoms with Crippen LogP contribution in [-0.2, 0) is 6.54 Å². The number of hydrogen-bond donors (Lipinski definition) is 1. The molecular weight excluding hydrogens is 250 g/mol. The minimum atomic E-state index is -0.0173. The first-order valence-corrected chi connectivity index (χ1v) is 6.33. The quantitative estimate of drug-likeness (QED) is 0.927. The second-order valence-corrected chi connectivity index (χ2v) is 4.63. The van der Waals surface area contributed by atoms with E-state index in [0.717, 1.165) is 5.82 Å². The van der Waals surface area contributed by atoms with E-state index in [1.165, 1.54) is 0 Å². The number of halogens is 1. The highest BCUT2D eigenvalue weighted by atomic mass is 35.5. The van der Waals surface area contributed by atoms with Crippen LogP contribution in [0.5, 0.6) is 0 Å². The van der Waals surface area contributed by atoms with Crippen molar-refractivity contribution in [2.75, 3.05) is 7.05 Å². The van der Waals surface area contributed by atoms with Crippen molar-refractivity contribution in [3.8, 4) is 0 Å². The highest BCUT2D eigenvalue weighted by Crippen LogP contribution is 2.17. The third-order valence-corrected chi connectivity index (χ3v) is 3.32. The molecule has 1 atom stereocenters. The molecule has 1 aromatic carbocycles. The predicted octanol–water partition coefficient (Wildman–Crippen LogP) is 2.35. The Labute approximate surface area is 111 Å². The first-order valence-electron chi connectivity index (χ1n) is 5.95. The van der Waals surface area contributed by atoms with Gasteiger partial charge in [-0.2, -0.15) is 0 Å². The van der Waals surface area contributed by atoms with Crippen molar-refractivity contribution in [3.05, 3.63) is 39.4 Å². The molecule has 5 heteroatoms. The zero-order chi connectivity index (χ0) is 13.3. The van der Waals surface area contributed by atoms with Gasteiger partial charge in [0.15, 0.2) is 0 Å². The molecule has 0 unspecified atom stereocenters. The Morgan fingerprint density at radius 2 is 2.22 bits per heavy atom. The Morgan fingerprint density at radius 3 is 2.83 bits per heavy atom. The number of hydrogen-bond acceptors (Lipinski definition) is 3. The molecule has 4 nitrogen and oxygen atoms in total. The molecule has 0 aliphatic heterocycles. The number of rotatable bonds is 3. The van der Waals surface area contributed by atoms with E-state index in [4.69, 9.17) is 11.6 Å². The van der Waals surface area contributed by atoms with Gasteiger partial charge in [0.2, 0.25) is 0 Å². The van der Waals surface area contributed by atoms with E-state index in [0.29, 0.717) is 22.5 Å². The molecule has 0 saturated heterocycles. The topological polar surface area (TPSA) is 46.9 Å². The third-order valence-electron chi connectivity index (χ3n) is 3.08. The first kappa shape index (κ1) is 13.1. The largest absolute Gasteiger partial charge is 0.311 e. The standard InChI is InChI=1S/C13H16ClN3O/c1-4-17-12(8(2)15-3)16-11-7-9(14)5-6-10(11)13(17)18/h5-8,15H,4H2,1-3H3/t8-/m1/s1. The van der Waals surface area contributed by atoms with Crippen LogP contribution in [0.15, 0.2) is 23.0 Å². The van der Waals surface area contributed by atoms with Crippen LogP contribution in [-0.4, -0.2) is 16.6 Å². The molecule has 2 aromatic rings. The Bertz CT molecular complexity index is 636. The molecule has 1 heterocycles. The Balaban J connectivity index is 2.82. The van der Waals surface area contributed by atoms with E-state index in [1.54, 1.807) is 22.8 Å². The summed E-state index contributed by atoms with van der Waals surface area (Å²) in [7, 11) is 1.85. The lowest BCUT2D eigenvalue weighted by Gasteiger charge is -2.16. The van der Waals surface area contributed by atoms with E-state index in [-0.39, 0.29) is 11.6 Å². The summed E-state index contributed by atoms with van der Waals surface area (Å²) in [6, 6.07) is 5.19. The van der Waals surface area contributed by atoms with Gasteiger partial charge in [-0.3, -0.25) is 9.36 Å². The lowest BCUT2D eigenvalue weighted by atomic mass is 10.2. The normalized spacial score (nSPS) is 12.9. The Hall–Kier alpha value is -1.39. The van der Waals surface area contributed by atoms with E-state index < -0.39 is 0 Å². The van der Waals surface area contributed by atoms with Gasteiger partial charge in [0.25, 0.3) is 5.56 Å². The number of nitrogens with one attached hydrogen (secondary N) is 1. The highest BCUT2D eigenvalue weighted by Gasteiger charge is 2.14. The molecule has 1 aromatic heterocycles. The Kier molecular flexibility index (Phi) is 3.68. The summed E-state index contributed by atoms with van der Waals surface area (Å²) in [5.41, 5.74) is 0.630. The number of nitrogens with zero attached hydrogens (tertiary/aromatic N) is 2. The molecule has 0 radical (unpaired) electrons. The van der Waals surface area contributed by atoms with Gasteiger partial charge in [0, 0.05) is 11.6 Å². The monoisotopic (exact) mass is 265 g/mol. The van der Waals surface area contributed by atoms with Crippen LogP contribution in [0.4, 0.5) is 0 Å². The fraction of sp³-hybridized carbons (Fsp3) is 0.385. The lowest BCUT2D eigenvalue weighted by molar-refractivity contribution is 0.544. The SMILES string of the molecule is CCn1c([C@@H](C)NC)nc2cc(Cl)ccc2c1=O. The molecule has 96 valence electrons. The van der Waals surface area contributed by atoms with Crippen molar-refractivity contribution in [2.45, 2.75) is 26.4 Å². The van der Waals surface area contributed by atoms with E-state index in [9.17, 15) is 4.79 Å². The highest BCUT2D eigenvalue weighted by molar-refractivity contribution is 6.31. The number of benzene rings is 1. The first-order chi connectivity index (χ1) is 8.58. The molecule has 0 aliphatic carbocycles.